The van der Waals surface area contributed by atoms with E-state index in [-0.39, 0.29) is 0 Å². The number of allylic oxidation sites excluding steroid dienone is 3. The quantitative estimate of drug-likeness (QED) is 0.597. The van der Waals surface area contributed by atoms with Crippen LogP contribution in [0.4, 0.5) is 0 Å². The Kier molecular flexibility index (Phi) is 4.57. The van der Waals surface area contributed by atoms with Gasteiger partial charge in [-0.25, -0.2) is 0 Å². The molecule has 0 aromatic heterocycles. The van der Waals surface area contributed by atoms with E-state index in [2.05, 4.69) is 54.4 Å². The Bertz CT molecular complexity index is 378. The van der Waals surface area contributed by atoms with Crippen LogP contribution in [0.3, 0.4) is 0 Å². The first kappa shape index (κ1) is 12.1. The summed E-state index contributed by atoms with van der Waals surface area (Å²) in [5.41, 5.74) is 2.75. The molecule has 1 atom stereocenters. The maximum Gasteiger partial charge on any atom is 0.0205 e. The van der Waals surface area contributed by atoms with Gasteiger partial charge < -0.3 is 5.32 Å². The van der Waals surface area contributed by atoms with Crippen molar-refractivity contribution in [2.45, 2.75) is 25.8 Å². The molecule has 0 saturated heterocycles. The van der Waals surface area contributed by atoms with Gasteiger partial charge in [-0.2, -0.15) is 0 Å². The smallest absolute Gasteiger partial charge is 0.0205 e. The van der Waals surface area contributed by atoms with Gasteiger partial charge in [0, 0.05) is 6.54 Å². The first-order chi connectivity index (χ1) is 8.36. The van der Waals surface area contributed by atoms with E-state index in [1.165, 1.54) is 30.4 Å². The fourth-order valence-corrected chi connectivity index (χ4v) is 2.24. The lowest BCUT2D eigenvalue weighted by Gasteiger charge is -2.19. The molecule has 0 amide bonds. The fourth-order valence-electron chi connectivity index (χ4n) is 2.24. The zero-order valence-electron chi connectivity index (χ0n) is 10.4. The van der Waals surface area contributed by atoms with Gasteiger partial charge in [-0.05, 0) is 37.3 Å². The molecule has 17 heavy (non-hydrogen) atoms. The van der Waals surface area contributed by atoms with E-state index in [0.717, 1.165) is 13.1 Å². The van der Waals surface area contributed by atoms with Crippen LogP contribution >= 0.6 is 0 Å². The highest BCUT2D eigenvalue weighted by atomic mass is 14.8. The van der Waals surface area contributed by atoms with Crippen LogP contribution in [-0.2, 0) is 6.54 Å². The lowest BCUT2D eigenvalue weighted by Crippen LogP contribution is -2.18. The number of hydrogen-bond donors (Lipinski definition) is 1. The number of rotatable bonds is 5. The third-order valence-corrected chi connectivity index (χ3v) is 3.33. The van der Waals surface area contributed by atoms with Gasteiger partial charge in [0.15, 0.2) is 0 Å². The Morgan fingerprint density at radius 3 is 2.82 bits per heavy atom. The van der Waals surface area contributed by atoms with Gasteiger partial charge in [0.1, 0.15) is 0 Å². The van der Waals surface area contributed by atoms with E-state index in [4.69, 9.17) is 0 Å². The summed E-state index contributed by atoms with van der Waals surface area (Å²) in [6.07, 6.45) is 8.11. The van der Waals surface area contributed by atoms with Gasteiger partial charge >= 0.3 is 0 Å². The van der Waals surface area contributed by atoms with Crippen LogP contribution in [0.15, 0.2) is 54.6 Å². The van der Waals surface area contributed by atoms with Crippen molar-refractivity contribution in [3.05, 3.63) is 60.2 Å². The second-order valence-electron chi connectivity index (χ2n) is 4.68. The van der Waals surface area contributed by atoms with Crippen LogP contribution in [0, 0.1) is 5.92 Å². The summed E-state index contributed by atoms with van der Waals surface area (Å²) in [5, 5.41) is 3.49. The van der Waals surface area contributed by atoms with Gasteiger partial charge in [0.2, 0.25) is 0 Å². The summed E-state index contributed by atoms with van der Waals surface area (Å²) in [7, 11) is 0. The molecule has 0 radical (unpaired) electrons. The van der Waals surface area contributed by atoms with Crippen molar-refractivity contribution >= 4 is 0 Å². The van der Waals surface area contributed by atoms with Gasteiger partial charge in [0.05, 0.1) is 0 Å². The Morgan fingerprint density at radius 2 is 2.06 bits per heavy atom. The van der Waals surface area contributed by atoms with Crippen molar-refractivity contribution in [1.82, 2.24) is 5.32 Å². The predicted octanol–water partition coefficient (Wildman–Crippen LogP) is 3.69. The van der Waals surface area contributed by atoms with E-state index in [1.807, 2.05) is 0 Å². The Balaban J connectivity index is 1.68. The average Bonchev–Trinajstić information content (AvgIpc) is 2.38. The molecule has 1 heteroatoms. The Hall–Kier alpha value is -1.34. The highest BCUT2D eigenvalue weighted by Crippen LogP contribution is 2.24. The highest BCUT2D eigenvalue weighted by molar-refractivity contribution is 5.15. The van der Waals surface area contributed by atoms with Gasteiger partial charge in [-0.1, -0.05) is 54.6 Å². The topological polar surface area (TPSA) is 12.0 Å². The van der Waals surface area contributed by atoms with Gasteiger partial charge in [-0.3, -0.25) is 0 Å². The van der Waals surface area contributed by atoms with Crippen LogP contribution in [0.5, 0.6) is 0 Å². The summed E-state index contributed by atoms with van der Waals surface area (Å²) in [6.45, 7) is 6.17. The van der Waals surface area contributed by atoms with Crippen molar-refractivity contribution in [2.24, 2.45) is 5.92 Å². The lowest BCUT2D eigenvalue weighted by atomic mass is 9.88. The zero-order chi connectivity index (χ0) is 11.9. The minimum absolute atomic E-state index is 0.590. The van der Waals surface area contributed by atoms with Crippen molar-refractivity contribution < 1.29 is 0 Å². The van der Waals surface area contributed by atoms with Crippen LogP contribution < -0.4 is 5.32 Å². The predicted molar refractivity (Wildman–Crippen MR) is 73.8 cm³/mol. The molecule has 1 aliphatic rings. The molecular formula is C16H21N. The van der Waals surface area contributed by atoms with Crippen molar-refractivity contribution in [2.75, 3.05) is 6.54 Å². The van der Waals surface area contributed by atoms with Crippen molar-refractivity contribution in [3.63, 3.8) is 0 Å². The molecule has 1 N–H and O–H groups in total. The maximum atomic E-state index is 4.15. The fraction of sp³-hybridized carbons (Fsp3) is 0.375. The average molecular weight is 227 g/mol. The van der Waals surface area contributed by atoms with Crippen molar-refractivity contribution in [1.29, 1.82) is 0 Å². The molecule has 0 saturated carbocycles. The summed E-state index contributed by atoms with van der Waals surface area (Å²) in [4.78, 5) is 0. The Morgan fingerprint density at radius 1 is 1.24 bits per heavy atom. The number of hydrogen-bond acceptors (Lipinski definition) is 1. The molecule has 1 aromatic carbocycles. The Labute approximate surface area is 104 Å². The third kappa shape index (κ3) is 3.86. The molecule has 0 spiro atoms. The summed E-state index contributed by atoms with van der Waals surface area (Å²) in [5.74, 6) is 0.590. The number of nitrogens with one attached hydrogen (secondary N) is 1. The molecule has 2 rings (SSSR count). The standard InChI is InChI=1S/C16H21N/c1-14-7-5-6-10-16(14)11-12-17-13-15-8-3-2-4-9-15/h2-4,6,8-10,16-17H,1,5,7,11-13H2. The molecule has 1 aliphatic carbocycles. The zero-order valence-corrected chi connectivity index (χ0v) is 10.4. The molecule has 90 valence electrons. The highest BCUT2D eigenvalue weighted by Gasteiger charge is 2.11. The second-order valence-corrected chi connectivity index (χ2v) is 4.68. The SMILES string of the molecule is C=C1CCC=CC1CCNCc1ccccc1. The van der Waals surface area contributed by atoms with Crippen LogP contribution in [0.1, 0.15) is 24.8 Å². The van der Waals surface area contributed by atoms with Gasteiger partial charge in [0.25, 0.3) is 0 Å². The van der Waals surface area contributed by atoms with E-state index >= 15 is 0 Å². The molecule has 1 aromatic rings. The molecule has 0 bridgehead atoms. The van der Waals surface area contributed by atoms with E-state index in [0.29, 0.717) is 5.92 Å². The van der Waals surface area contributed by atoms with E-state index < -0.39 is 0 Å². The molecule has 1 nitrogen and oxygen atoms in total. The first-order valence-electron chi connectivity index (χ1n) is 6.45. The third-order valence-electron chi connectivity index (χ3n) is 3.33. The summed E-state index contributed by atoms with van der Waals surface area (Å²) < 4.78 is 0. The minimum atomic E-state index is 0.590. The lowest BCUT2D eigenvalue weighted by molar-refractivity contribution is 0.569. The normalized spacial score (nSPS) is 19.5. The molecular weight excluding hydrogens is 206 g/mol. The summed E-state index contributed by atoms with van der Waals surface area (Å²) in [6, 6.07) is 10.5. The van der Waals surface area contributed by atoms with Gasteiger partial charge in [-0.15, -0.1) is 0 Å². The summed E-state index contributed by atoms with van der Waals surface area (Å²) >= 11 is 0. The molecule has 1 unspecified atom stereocenters. The first-order valence-corrected chi connectivity index (χ1v) is 6.45. The largest absolute Gasteiger partial charge is 0.313 e. The molecule has 0 fully saturated rings. The molecule has 0 heterocycles. The van der Waals surface area contributed by atoms with E-state index in [9.17, 15) is 0 Å². The minimum Gasteiger partial charge on any atom is -0.313 e. The van der Waals surface area contributed by atoms with Crippen LogP contribution in [0.25, 0.3) is 0 Å². The second kappa shape index (κ2) is 6.41. The van der Waals surface area contributed by atoms with Crippen LogP contribution in [0.2, 0.25) is 0 Å². The van der Waals surface area contributed by atoms with Crippen LogP contribution in [-0.4, -0.2) is 6.54 Å². The molecule has 0 aliphatic heterocycles. The number of benzene rings is 1. The monoisotopic (exact) mass is 227 g/mol. The van der Waals surface area contributed by atoms with E-state index in [1.54, 1.807) is 0 Å². The maximum absolute atomic E-state index is 4.15. The van der Waals surface area contributed by atoms with Crippen molar-refractivity contribution in [3.8, 4) is 0 Å².